The van der Waals surface area contributed by atoms with Gasteiger partial charge in [-0.2, -0.15) is 0 Å². The molecule has 0 fully saturated rings. The third-order valence-electron chi connectivity index (χ3n) is 2.58. The van der Waals surface area contributed by atoms with E-state index in [1.54, 1.807) is 18.2 Å². The molecule has 2 N–H and O–H groups in total. The van der Waals surface area contributed by atoms with E-state index in [0.717, 1.165) is 0 Å². The zero-order valence-corrected chi connectivity index (χ0v) is 11.7. The summed E-state index contributed by atoms with van der Waals surface area (Å²) in [7, 11) is 0. The van der Waals surface area contributed by atoms with E-state index < -0.39 is 24.6 Å². The number of nitrogens with one attached hydrogen (secondary N) is 1. The summed E-state index contributed by atoms with van der Waals surface area (Å²) in [5, 5.41) is 10.8. The van der Waals surface area contributed by atoms with Crippen molar-refractivity contribution in [2.75, 3.05) is 26.5 Å². The Kier molecular flexibility index (Phi) is 7.17. The van der Waals surface area contributed by atoms with Gasteiger partial charge in [-0.25, -0.2) is 9.18 Å². The van der Waals surface area contributed by atoms with Gasteiger partial charge in [-0.05, 0) is 19.1 Å². The van der Waals surface area contributed by atoms with Crippen LogP contribution in [-0.2, 0) is 9.53 Å². The number of benzene rings is 1. The number of alkyl halides is 1. The van der Waals surface area contributed by atoms with Crippen LogP contribution >= 0.6 is 0 Å². The van der Waals surface area contributed by atoms with Crippen LogP contribution in [0.4, 0.5) is 4.39 Å². The summed E-state index contributed by atoms with van der Waals surface area (Å²) in [5.41, 5.74) is 0.147. The number of rotatable bonds is 9. The third-order valence-corrected chi connectivity index (χ3v) is 2.58. The fraction of sp³-hybridized carbons (Fsp3) is 0.429. The SMILES string of the molecule is CCOCCOc1ccccc1C(=O)NC(CF)C(=O)O. The minimum absolute atomic E-state index is 0.147. The summed E-state index contributed by atoms with van der Waals surface area (Å²) < 4.78 is 23.1. The highest BCUT2D eigenvalue weighted by atomic mass is 19.1. The highest BCUT2D eigenvalue weighted by Gasteiger charge is 2.22. The number of halogens is 1. The number of carboxylic acids is 1. The van der Waals surface area contributed by atoms with E-state index in [1.807, 2.05) is 6.92 Å². The van der Waals surface area contributed by atoms with Gasteiger partial charge in [0.05, 0.1) is 12.2 Å². The second-order valence-electron chi connectivity index (χ2n) is 4.06. The Morgan fingerprint density at radius 3 is 2.67 bits per heavy atom. The maximum absolute atomic E-state index is 12.5. The number of carbonyl (C=O) groups excluding carboxylic acids is 1. The van der Waals surface area contributed by atoms with Crippen LogP contribution in [-0.4, -0.2) is 49.5 Å². The third kappa shape index (κ3) is 5.39. The van der Waals surface area contributed by atoms with Crippen molar-refractivity contribution in [3.63, 3.8) is 0 Å². The van der Waals surface area contributed by atoms with Crippen LogP contribution < -0.4 is 10.1 Å². The quantitative estimate of drug-likeness (QED) is 0.670. The fourth-order valence-electron chi connectivity index (χ4n) is 1.54. The molecule has 0 aliphatic carbocycles. The lowest BCUT2D eigenvalue weighted by atomic mass is 10.1. The molecule has 0 aliphatic heterocycles. The molecule has 0 radical (unpaired) electrons. The van der Waals surface area contributed by atoms with Crippen molar-refractivity contribution >= 4 is 11.9 Å². The number of hydrogen-bond acceptors (Lipinski definition) is 4. The first-order valence-electron chi connectivity index (χ1n) is 6.49. The van der Waals surface area contributed by atoms with Crippen molar-refractivity contribution in [2.45, 2.75) is 13.0 Å². The Balaban J connectivity index is 2.72. The Morgan fingerprint density at radius 1 is 1.33 bits per heavy atom. The first-order chi connectivity index (χ1) is 10.1. The number of amides is 1. The van der Waals surface area contributed by atoms with Crippen molar-refractivity contribution in [3.05, 3.63) is 29.8 Å². The minimum atomic E-state index is -1.58. The average molecular weight is 299 g/mol. The topological polar surface area (TPSA) is 84.9 Å². The number of para-hydroxylation sites is 1. The van der Waals surface area contributed by atoms with Gasteiger partial charge < -0.3 is 19.9 Å². The lowest BCUT2D eigenvalue weighted by molar-refractivity contribution is -0.139. The van der Waals surface area contributed by atoms with E-state index in [-0.39, 0.29) is 17.9 Å². The molecule has 7 heteroatoms. The van der Waals surface area contributed by atoms with Gasteiger partial charge in [0.1, 0.15) is 19.0 Å². The van der Waals surface area contributed by atoms with Gasteiger partial charge in [-0.3, -0.25) is 4.79 Å². The Labute approximate surface area is 121 Å². The smallest absolute Gasteiger partial charge is 0.328 e. The molecule has 0 bridgehead atoms. The van der Waals surface area contributed by atoms with Crippen molar-refractivity contribution < 1.29 is 28.6 Å². The van der Waals surface area contributed by atoms with Gasteiger partial charge in [0.25, 0.3) is 5.91 Å². The van der Waals surface area contributed by atoms with Gasteiger partial charge in [0.2, 0.25) is 0 Å². The highest BCUT2D eigenvalue weighted by molar-refractivity contribution is 5.98. The van der Waals surface area contributed by atoms with E-state index in [0.29, 0.717) is 13.2 Å². The molecule has 0 saturated heterocycles. The maximum Gasteiger partial charge on any atom is 0.328 e. The summed E-state index contributed by atoms with van der Waals surface area (Å²) in [6, 6.07) is 4.76. The van der Waals surface area contributed by atoms with Gasteiger partial charge in [-0.1, -0.05) is 12.1 Å². The molecule has 1 rings (SSSR count). The van der Waals surface area contributed by atoms with E-state index in [9.17, 15) is 14.0 Å². The van der Waals surface area contributed by atoms with Crippen molar-refractivity contribution in [1.29, 1.82) is 0 Å². The molecule has 1 aromatic rings. The summed E-state index contributed by atoms with van der Waals surface area (Å²) in [6.45, 7) is 1.85. The minimum Gasteiger partial charge on any atom is -0.490 e. The van der Waals surface area contributed by atoms with E-state index in [1.165, 1.54) is 6.07 Å². The molecule has 116 valence electrons. The van der Waals surface area contributed by atoms with Gasteiger partial charge in [0.15, 0.2) is 6.04 Å². The molecular formula is C14H18FNO5. The summed E-state index contributed by atoms with van der Waals surface area (Å²) in [5.74, 6) is -1.84. The van der Waals surface area contributed by atoms with Gasteiger partial charge in [-0.15, -0.1) is 0 Å². The summed E-state index contributed by atoms with van der Waals surface area (Å²) in [4.78, 5) is 22.7. The molecule has 0 heterocycles. The van der Waals surface area contributed by atoms with Gasteiger partial charge in [0, 0.05) is 6.61 Å². The molecule has 1 aromatic carbocycles. The largest absolute Gasteiger partial charge is 0.490 e. The summed E-state index contributed by atoms with van der Waals surface area (Å²) >= 11 is 0. The Morgan fingerprint density at radius 2 is 2.05 bits per heavy atom. The molecular weight excluding hydrogens is 281 g/mol. The lowest BCUT2D eigenvalue weighted by Crippen LogP contribution is -2.42. The lowest BCUT2D eigenvalue weighted by Gasteiger charge is -2.14. The van der Waals surface area contributed by atoms with Crippen LogP contribution in [0.5, 0.6) is 5.75 Å². The first-order valence-corrected chi connectivity index (χ1v) is 6.49. The van der Waals surface area contributed by atoms with Crippen LogP contribution in [0.15, 0.2) is 24.3 Å². The Hall–Kier alpha value is -2.15. The monoisotopic (exact) mass is 299 g/mol. The van der Waals surface area contributed by atoms with Crippen molar-refractivity contribution in [2.24, 2.45) is 0 Å². The van der Waals surface area contributed by atoms with Crippen molar-refractivity contribution in [1.82, 2.24) is 5.32 Å². The number of carbonyl (C=O) groups is 2. The molecule has 0 saturated carbocycles. The van der Waals surface area contributed by atoms with E-state index in [2.05, 4.69) is 5.32 Å². The molecule has 6 nitrogen and oxygen atoms in total. The van der Waals surface area contributed by atoms with Crippen LogP contribution in [0.1, 0.15) is 17.3 Å². The standard InChI is InChI=1S/C14H18FNO5/c1-2-20-7-8-21-12-6-4-3-5-10(12)13(17)16-11(9-15)14(18)19/h3-6,11H,2,7-9H2,1H3,(H,16,17)(H,18,19). The summed E-state index contributed by atoms with van der Waals surface area (Å²) in [6.07, 6.45) is 0. The fourth-order valence-corrected chi connectivity index (χ4v) is 1.54. The predicted molar refractivity (Wildman–Crippen MR) is 73.3 cm³/mol. The first kappa shape index (κ1) is 16.9. The van der Waals surface area contributed by atoms with Crippen LogP contribution in [0.2, 0.25) is 0 Å². The number of hydrogen-bond donors (Lipinski definition) is 2. The molecule has 0 spiro atoms. The molecule has 21 heavy (non-hydrogen) atoms. The zero-order chi connectivity index (χ0) is 15.7. The van der Waals surface area contributed by atoms with Crippen LogP contribution in [0, 0.1) is 0 Å². The normalized spacial score (nSPS) is 11.7. The van der Waals surface area contributed by atoms with Crippen molar-refractivity contribution in [3.8, 4) is 5.75 Å². The van der Waals surface area contributed by atoms with Crippen LogP contribution in [0.25, 0.3) is 0 Å². The molecule has 0 aromatic heterocycles. The second kappa shape index (κ2) is 8.91. The molecule has 1 amide bonds. The average Bonchev–Trinajstić information content (AvgIpc) is 2.49. The molecule has 1 unspecified atom stereocenters. The number of ether oxygens (including phenoxy) is 2. The highest BCUT2D eigenvalue weighted by Crippen LogP contribution is 2.18. The van der Waals surface area contributed by atoms with E-state index >= 15 is 0 Å². The zero-order valence-electron chi connectivity index (χ0n) is 11.7. The molecule has 1 atom stereocenters. The van der Waals surface area contributed by atoms with E-state index in [4.69, 9.17) is 14.6 Å². The maximum atomic E-state index is 12.5. The van der Waals surface area contributed by atoms with Crippen LogP contribution in [0.3, 0.4) is 0 Å². The second-order valence-corrected chi connectivity index (χ2v) is 4.06. The predicted octanol–water partition coefficient (Wildman–Crippen LogP) is 1.25. The van der Waals surface area contributed by atoms with Gasteiger partial charge >= 0.3 is 5.97 Å². The number of aliphatic carboxylic acids is 1. The Bertz CT molecular complexity index is 480. The number of carboxylic acid groups (broad SMARTS) is 1. The molecule has 0 aliphatic rings.